The molecule has 0 heterocycles. The lowest BCUT2D eigenvalue weighted by molar-refractivity contribution is 0.307. The van der Waals surface area contributed by atoms with Gasteiger partial charge in [0.25, 0.3) is 0 Å². The third-order valence-electron chi connectivity index (χ3n) is 4.98. The zero-order chi connectivity index (χ0) is 12.6. The molecule has 0 unspecified atom stereocenters. The number of benzene rings is 1. The first-order valence-electron chi connectivity index (χ1n) is 7.24. The summed E-state index contributed by atoms with van der Waals surface area (Å²) in [5, 5.41) is 3.35. The molecule has 1 saturated carbocycles. The van der Waals surface area contributed by atoms with Crippen molar-refractivity contribution >= 4 is 5.57 Å². The van der Waals surface area contributed by atoms with Crippen LogP contribution in [0.5, 0.6) is 0 Å². The standard InChI is InChI=1S/C17H23N/c1-13(18-2)15-12-17(10-6-3-7-11-17)16-9-5-4-8-14(15)16/h4-5,8-9,18H,3,6-7,10-12H2,1-2H3/b15-13-. The van der Waals surface area contributed by atoms with E-state index in [4.69, 9.17) is 0 Å². The van der Waals surface area contributed by atoms with Crippen molar-refractivity contribution in [2.24, 2.45) is 0 Å². The van der Waals surface area contributed by atoms with Crippen molar-refractivity contribution in [2.75, 3.05) is 7.05 Å². The van der Waals surface area contributed by atoms with Crippen LogP contribution in [0.3, 0.4) is 0 Å². The number of allylic oxidation sites excluding steroid dienone is 2. The van der Waals surface area contributed by atoms with Gasteiger partial charge in [0.05, 0.1) is 0 Å². The normalized spacial score (nSPS) is 23.9. The van der Waals surface area contributed by atoms with Crippen LogP contribution < -0.4 is 5.32 Å². The lowest BCUT2D eigenvalue weighted by atomic mass is 9.70. The van der Waals surface area contributed by atoms with Crippen molar-refractivity contribution in [2.45, 2.75) is 50.9 Å². The highest BCUT2D eigenvalue weighted by atomic mass is 14.8. The lowest BCUT2D eigenvalue weighted by Gasteiger charge is -2.34. The Balaban J connectivity index is 2.12. The highest BCUT2D eigenvalue weighted by Gasteiger charge is 2.41. The average Bonchev–Trinajstić information content (AvgIpc) is 2.74. The minimum absolute atomic E-state index is 0.461. The highest BCUT2D eigenvalue weighted by Crippen LogP contribution is 2.53. The maximum atomic E-state index is 3.35. The predicted octanol–water partition coefficient (Wildman–Crippen LogP) is 4.24. The second-order valence-electron chi connectivity index (χ2n) is 5.92. The second-order valence-corrected chi connectivity index (χ2v) is 5.92. The number of hydrogen-bond donors (Lipinski definition) is 1. The molecule has 2 aliphatic carbocycles. The molecular weight excluding hydrogens is 218 g/mol. The number of hydrogen-bond acceptors (Lipinski definition) is 1. The molecule has 2 aliphatic rings. The van der Waals surface area contributed by atoms with Crippen LogP contribution in [0.1, 0.15) is 56.6 Å². The Bertz CT molecular complexity index is 478. The molecule has 1 N–H and O–H groups in total. The Kier molecular flexibility index (Phi) is 2.93. The Morgan fingerprint density at radius 3 is 2.56 bits per heavy atom. The van der Waals surface area contributed by atoms with Crippen LogP contribution in [0.25, 0.3) is 5.57 Å². The molecule has 1 spiro atoms. The number of rotatable bonds is 1. The van der Waals surface area contributed by atoms with Crippen LogP contribution in [0.15, 0.2) is 30.0 Å². The topological polar surface area (TPSA) is 12.0 Å². The molecule has 1 aromatic carbocycles. The van der Waals surface area contributed by atoms with E-state index < -0.39 is 0 Å². The summed E-state index contributed by atoms with van der Waals surface area (Å²) < 4.78 is 0. The van der Waals surface area contributed by atoms with Crippen molar-refractivity contribution in [3.8, 4) is 0 Å². The van der Waals surface area contributed by atoms with Crippen molar-refractivity contribution in [1.29, 1.82) is 0 Å². The van der Waals surface area contributed by atoms with Gasteiger partial charge in [0.15, 0.2) is 0 Å². The summed E-state index contributed by atoms with van der Waals surface area (Å²) in [5.41, 5.74) is 6.49. The first kappa shape index (κ1) is 11.8. The van der Waals surface area contributed by atoms with Crippen LogP contribution in [-0.2, 0) is 5.41 Å². The third-order valence-corrected chi connectivity index (χ3v) is 4.98. The summed E-state index contributed by atoms with van der Waals surface area (Å²) in [6.45, 7) is 2.22. The van der Waals surface area contributed by atoms with Gasteiger partial charge < -0.3 is 5.32 Å². The maximum Gasteiger partial charge on any atom is 0.0111 e. The molecule has 3 rings (SSSR count). The molecule has 0 amide bonds. The van der Waals surface area contributed by atoms with E-state index in [9.17, 15) is 0 Å². The molecule has 0 radical (unpaired) electrons. The Morgan fingerprint density at radius 2 is 1.83 bits per heavy atom. The van der Waals surface area contributed by atoms with Crippen molar-refractivity contribution in [3.05, 3.63) is 41.1 Å². The van der Waals surface area contributed by atoms with E-state index in [0.717, 1.165) is 0 Å². The van der Waals surface area contributed by atoms with Crippen LogP contribution in [0, 0.1) is 0 Å². The first-order chi connectivity index (χ1) is 8.77. The van der Waals surface area contributed by atoms with E-state index in [2.05, 4.69) is 36.5 Å². The third kappa shape index (κ3) is 1.68. The van der Waals surface area contributed by atoms with Gasteiger partial charge in [-0.2, -0.15) is 0 Å². The lowest BCUT2D eigenvalue weighted by Crippen LogP contribution is -2.25. The molecule has 0 saturated heterocycles. The van der Waals surface area contributed by atoms with Gasteiger partial charge in [0.2, 0.25) is 0 Å². The molecule has 1 aromatic rings. The SMILES string of the molecule is CN/C(C)=C1/CC2(CCCCC2)c2ccccc21. The van der Waals surface area contributed by atoms with Crippen LogP contribution in [-0.4, -0.2) is 7.05 Å². The van der Waals surface area contributed by atoms with Crippen molar-refractivity contribution in [3.63, 3.8) is 0 Å². The first-order valence-corrected chi connectivity index (χ1v) is 7.24. The number of fused-ring (bicyclic) bond motifs is 2. The van der Waals surface area contributed by atoms with Gasteiger partial charge in [0, 0.05) is 18.2 Å². The molecule has 0 aromatic heterocycles. The molecular formula is C17H23N. The average molecular weight is 241 g/mol. The predicted molar refractivity (Wildman–Crippen MR) is 77.5 cm³/mol. The van der Waals surface area contributed by atoms with E-state index in [1.807, 2.05) is 7.05 Å². The van der Waals surface area contributed by atoms with E-state index in [0.29, 0.717) is 5.41 Å². The highest BCUT2D eigenvalue weighted by molar-refractivity contribution is 5.77. The van der Waals surface area contributed by atoms with E-state index >= 15 is 0 Å². The van der Waals surface area contributed by atoms with Crippen LogP contribution in [0.2, 0.25) is 0 Å². The van der Waals surface area contributed by atoms with Crippen LogP contribution in [0.4, 0.5) is 0 Å². The molecule has 0 atom stereocenters. The van der Waals surface area contributed by atoms with Gasteiger partial charge in [-0.25, -0.2) is 0 Å². The minimum atomic E-state index is 0.461. The fourth-order valence-electron chi connectivity index (χ4n) is 3.90. The summed E-state index contributed by atoms with van der Waals surface area (Å²) >= 11 is 0. The van der Waals surface area contributed by atoms with Gasteiger partial charge in [0.1, 0.15) is 0 Å². The van der Waals surface area contributed by atoms with E-state index in [1.54, 1.807) is 11.1 Å². The minimum Gasteiger partial charge on any atom is -0.391 e. The molecule has 18 heavy (non-hydrogen) atoms. The van der Waals surface area contributed by atoms with Crippen molar-refractivity contribution in [1.82, 2.24) is 5.32 Å². The summed E-state index contributed by atoms with van der Waals surface area (Å²) in [6.07, 6.45) is 8.24. The summed E-state index contributed by atoms with van der Waals surface area (Å²) in [6, 6.07) is 9.09. The molecule has 96 valence electrons. The maximum absolute atomic E-state index is 3.35. The van der Waals surface area contributed by atoms with Crippen LogP contribution >= 0.6 is 0 Å². The fraction of sp³-hybridized carbons (Fsp3) is 0.529. The fourth-order valence-corrected chi connectivity index (χ4v) is 3.90. The van der Waals surface area contributed by atoms with Gasteiger partial charge >= 0.3 is 0 Å². The summed E-state index contributed by atoms with van der Waals surface area (Å²) in [7, 11) is 2.04. The number of nitrogens with one attached hydrogen (secondary N) is 1. The largest absolute Gasteiger partial charge is 0.391 e. The van der Waals surface area contributed by atoms with E-state index in [1.165, 1.54) is 49.8 Å². The molecule has 1 nitrogen and oxygen atoms in total. The summed E-state index contributed by atoms with van der Waals surface area (Å²) in [5.74, 6) is 0. The zero-order valence-electron chi connectivity index (χ0n) is 11.6. The monoisotopic (exact) mass is 241 g/mol. The van der Waals surface area contributed by atoms with Gasteiger partial charge in [-0.3, -0.25) is 0 Å². The molecule has 1 fully saturated rings. The molecule has 0 bridgehead atoms. The van der Waals surface area contributed by atoms with E-state index in [-0.39, 0.29) is 0 Å². The Hall–Kier alpha value is -1.24. The zero-order valence-corrected chi connectivity index (χ0v) is 11.6. The molecule has 1 heteroatoms. The van der Waals surface area contributed by atoms with Crippen molar-refractivity contribution < 1.29 is 0 Å². The molecule has 0 aliphatic heterocycles. The summed E-state index contributed by atoms with van der Waals surface area (Å²) in [4.78, 5) is 0. The van der Waals surface area contributed by atoms with Gasteiger partial charge in [-0.15, -0.1) is 0 Å². The smallest absolute Gasteiger partial charge is 0.0111 e. The van der Waals surface area contributed by atoms with Gasteiger partial charge in [-0.05, 0) is 42.9 Å². The van der Waals surface area contributed by atoms with Gasteiger partial charge in [-0.1, -0.05) is 43.5 Å². The quantitative estimate of drug-likeness (QED) is 0.775. The Morgan fingerprint density at radius 1 is 1.11 bits per heavy atom. The second kappa shape index (κ2) is 4.46. The Labute approximate surface area is 110 Å².